The van der Waals surface area contributed by atoms with Crippen molar-refractivity contribution in [1.82, 2.24) is 15.1 Å². The standard InChI is InChI=1S/C34H27ClN4O2/c1-24(25-10-4-2-5-11-25)37-34(40)28(21-36)20-29-22-39(30-13-6-3-7-14-30)38-33(29)26-16-18-31(19-17-26)41-23-27-12-8-9-15-32(27)35/h2-20,22,24H,23H2,1H3,(H,37,40)/b28-20+/t24-/m1/s1. The van der Waals surface area contributed by atoms with Crippen LogP contribution in [0.25, 0.3) is 23.0 Å². The fourth-order valence-corrected chi connectivity index (χ4v) is 4.51. The second kappa shape index (κ2) is 12.8. The summed E-state index contributed by atoms with van der Waals surface area (Å²) in [7, 11) is 0. The van der Waals surface area contributed by atoms with E-state index in [1.54, 1.807) is 10.8 Å². The summed E-state index contributed by atoms with van der Waals surface area (Å²) in [6, 6.07) is 36.2. The molecule has 0 unspecified atom stereocenters. The van der Waals surface area contributed by atoms with Crippen LogP contribution in [0.15, 0.2) is 121 Å². The molecule has 1 aromatic heterocycles. The maximum atomic E-state index is 13.1. The van der Waals surface area contributed by atoms with Crippen molar-refractivity contribution in [3.8, 4) is 28.8 Å². The van der Waals surface area contributed by atoms with Gasteiger partial charge in [-0.15, -0.1) is 0 Å². The van der Waals surface area contributed by atoms with Gasteiger partial charge in [0.2, 0.25) is 0 Å². The van der Waals surface area contributed by atoms with E-state index in [2.05, 4.69) is 11.4 Å². The fraction of sp³-hybridized carbons (Fsp3) is 0.0882. The maximum Gasteiger partial charge on any atom is 0.262 e. The molecule has 0 bridgehead atoms. The Balaban J connectivity index is 1.43. The minimum absolute atomic E-state index is 0.0127. The average Bonchev–Trinajstić information content (AvgIpc) is 3.44. The first-order valence-electron chi connectivity index (χ1n) is 13.1. The third kappa shape index (κ3) is 6.73. The topological polar surface area (TPSA) is 79.9 Å². The van der Waals surface area contributed by atoms with Crippen LogP contribution in [0.1, 0.15) is 29.7 Å². The number of nitrogens with zero attached hydrogens (tertiary/aromatic N) is 3. The Bertz CT molecular complexity index is 1710. The molecule has 1 atom stereocenters. The van der Waals surface area contributed by atoms with E-state index in [1.165, 1.54) is 0 Å². The third-order valence-corrected chi connectivity index (χ3v) is 6.92. The first-order chi connectivity index (χ1) is 20.0. The summed E-state index contributed by atoms with van der Waals surface area (Å²) in [6.07, 6.45) is 3.40. The number of amides is 1. The van der Waals surface area contributed by atoms with Crippen molar-refractivity contribution in [2.45, 2.75) is 19.6 Å². The molecular formula is C34H27ClN4O2. The number of nitriles is 1. The number of hydrogen-bond acceptors (Lipinski definition) is 4. The van der Waals surface area contributed by atoms with Crippen LogP contribution in [-0.4, -0.2) is 15.7 Å². The summed E-state index contributed by atoms with van der Waals surface area (Å²) in [6.45, 7) is 2.23. The third-order valence-electron chi connectivity index (χ3n) is 6.56. The van der Waals surface area contributed by atoms with Gasteiger partial charge >= 0.3 is 0 Å². The molecule has 0 saturated carbocycles. The molecule has 1 amide bonds. The molecule has 6 nitrogen and oxygen atoms in total. The van der Waals surface area contributed by atoms with Crippen molar-refractivity contribution in [3.05, 3.63) is 143 Å². The Morgan fingerprint density at radius 3 is 2.32 bits per heavy atom. The summed E-state index contributed by atoms with van der Waals surface area (Å²) < 4.78 is 7.68. The van der Waals surface area contributed by atoms with Crippen LogP contribution >= 0.6 is 11.6 Å². The van der Waals surface area contributed by atoms with Crippen molar-refractivity contribution in [3.63, 3.8) is 0 Å². The number of halogens is 1. The number of carbonyl (C=O) groups excluding carboxylic acids is 1. The number of rotatable bonds is 9. The van der Waals surface area contributed by atoms with Gasteiger partial charge in [0.05, 0.1) is 17.4 Å². The van der Waals surface area contributed by atoms with Crippen molar-refractivity contribution < 1.29 is 9.53 Å². The highest BCUT2D eigenvalue weighted by atomic mass is 35.5. The number of para-hydroxylation sites is 1. The molecule has 5 rings (SSSR count). The number of carbonyl (C=O) groups is 1. The van der Waals surface area contributed by atoms with Gasteiger partial charge in [0.15, 0.2) is 0 Å². The van der Waals surface area contributed by atoms with Crippen LogP contribution in [0.4, 0.5) is 0 Å². The van der Waals surface area contributed by atoms with Crippen molar-refractivity contribution in [2.24, 2.45) is 0 Å². The molecule has 0 aliphatic heterocycles. The summed E-state index contributed by atoms with van der Waals surface area (Å²) in [4.78, 5) is 13.1. The van der Waals surface area contributed by atoms with Crippen LogP contribution in [-0.2, 0) is 11.4 Å². The number of ether oxygens (including phenoxy) is 1. The molecule has 0 radical (unpaired) electrons. The molecule has 5 aromatic rings. The molecule has 41 heavy (non-hydrogen) atoms. The lowest BCUT2D eigenvalue weighted by molar-refractivity contribution is -0.117. The van der Waals surface area contributed by atoms with Crippen LogP contribution in [0, 0.1) is 11.3 Å². The van der Waals surface area contributed by atoms with E-state index in [4.69, 9.17) is 21.4 Å². The van der Waals surface area contributed by atoms with Crippen LogP contribution in [0.3, 0.4) is 0 Å². The minimum atomic E-state index is -0.453. The van der Waals surface area contributed by atoms with Crippen molar-refractivity contribution >= 4 is 23.6 Å². The summed E-state index contributed by atoms with van der Waals surface area (Å²) in [5.41, 5.74) is 4.77. The molecule has 4 aromatic carbocycles. The predicted octanol–water partition coefficient (Wildman–Crippen LogP) is 7.56. The molecule has 1 heterocycles. The highest BCUT2D eigenvalue weighted by Crippen LogP contribution is 2.28. The minimum Gasteiger partial charge on any atom is -0.489 e. The average molecular weight is 559 g/mol. The Hall–Kier alpha value is -5.12. The lowest BCUT2D eigenvalue weighted by atomic mass is 10.0. The molecule has 1 N–H and O–H groups in total. The molecular weight excluding hydrogens is 532 g/mol. The lowest BCUT2D eigenvalue weighted by Crippen LogP contribution is -2.27. The van der Waals surface area contributed by atoms with Gasteiger partial charge in [-0.25, -0.2) is 4.68 Å². The predicted molar refractivity (Wildman–Crippen MR) is 161 cm³/mol. The highest BCUT2D eigenvalue weighted by Gasteiger charge is 2.17. The Labute approximate surface area is 244 Å². The first kappa shape index (κ1) is 27.4. The molecule has 0 saturated heterocycles. The zero-order valence-electron chi connectivity index (χ0n) is 22.4. The molecule has 0 aliphatic carbocycles. The summed E-state index contributed by atoms with van der Waals surface area (Å²) >= 11 is 6.25. The number of benzene rings is 4. The van der Waals surface area contributed by atoms with Gasteiger partial charge in [0.25, 0.3) is 5.91 Å². The van der Waals surface area contributed by atoms with E-state index < -0.39 is 5.91 Å². The van der Waals surface area contributed by atoms with E-state index in [1.807, 2.05) is 122 Å². The van der Waals surface area contributed by atoms with Crippen LogP contribution in [0.2, 0.25) is 5.02 Å². The second-order valence-electron chi connectivity index (χ2n) is 9.39. The lowest BCUT2D eigenvalue weighted by Gasteiger charge is -2.13. The molecule has 0 fully saturated rings. The van der Waals surface area contributed by atoms with E-state index in [9.17, 15) is 10.1 Å². The SMILES string of the molecule is C[C@@H](NC(=O)/C(C#N)=C/c1cn(-c2ccccc2)nc1-c1ccc(OCc2ccccc2Cl)cc1)c1ccccc1. The van der Waals surface area contributed by atoms with Crippen molar-refractivity contribution in [2.75, 3.05) is 0 Å². The summed E-state index contributed by atoms with van der Waals surface area (Å²) in [5.74, 6) is 0.228. The van der Waals surface area contributed by atoms with Gasteiger partial charge < -0.3 is 10.1 Å². The number of aromatic nitrogens is 2. The van der Waals surface area contributed by atoms with E-state index in [0.717, 1.165) is 22.4 Å². The summed E-state index contributed by atoms with van der Waals surface area (Å²) in [5, 5.41) is 18.3. The normalized spacial score (nSPS) is 11.9. The van der Waals surface area contributed by atoms with Crippen molar-refractivity contribution in [1.29, 1.82) is 5.26 Å². The van der Waals surface area contributed by atoms with Gasteiger partial charge in [-0.3, -0.25) is 4.79 Å². The quantitative estimate of drug-likeness (QED) is 0.149. The Morgan fingerprint density at radius 2 is 1.63 bits per heavy atom. The van der Waals surface area contributed by atoms with Gasteiger partial charge in [0.1, 0.15) is 24.0 Å². The van der Waals surface area contributed by atoms with Crippen LogP contribution < -0.4 is 10.1 Å². The monoisotopic (exact) mass is 558 g/mol. The molecule has 202 valence electrons. The maximum absolute atomic E-state index is 13.1. The van der Waals surface area contributed by atoms with Gasteiger partial charge in [-0.2, -0.15) is 10.4 Å². The zero-order chi connectivity index (χ0) is 28.6. The second-order valence-corrected chi connectivity index (χ2v) is 9.80. The molecule has 0 aliphatic rings. The van der Waals surface area contributed by atoms with Crippen LogP contribution in [0.5, 0.6) is 5.75 Å². The van der Waals surface area contributed by atoms with Gasteiger partial charge in [0, 0.05) is 27.9 Å². The fourth-order valence-electron chi connectivity index (χ4n) is 4.32. The molecule has 7 heteroatoms. The van der Waals surface area contributed by atoms with E-state index in [-0.39, 0.29) is 11.6 Å². The Morgan fingerprint density at radius 1 is 0.976 bits per heavy atom. The first-order valence-corrected chi connectivity index (χ1v) is 13.5. The highest BCUT2D eigenvalue weighted by molar-refractivity contribution is 6.31. The van der Waals surface area contributed by atoms with Gasteiger partial charge in [-0.1, -0.05) is 78.3 Å². The zero-order valence-corrected chi connectivity index (χ0v) is 23.1. The number of nitrogens with one attached hydrogen (secondary N) is 1. The van der Waals surface area contributed by atoms with Gasteiger partial charge in [-0.05, 0) is 61.0 Å². The van der Waals surface area contributed by atoms with E-state index >= 15 is 0 Å². The number of hydrogen-bond donors (Lipinski definition) is 1. The Kier molecular flexibility index (Phi) is 8.58. The van der Waals surface area contributed by atoms with E-state index in [0.29, 0.717) is 28.6 Å². The largest absolute Gasteiger partial charge is 0.489 e. The smallest absolute Gasteiger partial charge is 0.262 e. The molecule has 0 spiro atoms.